The van der Waals surface area contributed by atoms with Crippen LogP contribution in [0.4, 0.5) is 5.69 Å². The predicted octanol–water partition coefficient (Wildman–Crippen LogP) is 3.18. The molecule has 0 radical (unpaired) electrons. The maximum absolute atomic E-state index is 12.5. The third kappa shape index (κ3) is 3.88. The van der Waals surface area contributed by atoms with Crippen molar-refractivity contribution in [1.29, 1.82) is 0 Å². The van der Waals surface area contributed by atoms with Gasteiger partial charge in [0, 0.05) is 12.1 Å². The molecule has 1 aromatic heterocycles. The van der Waals surface area contributed by atoms with E-state index in [1.54, 1.807) is 37.3 Å². The Kier molecular flexibility index (Phi) is 5.45. The number of nitrogens with zero attached hydrogens (tertiary/aromatic N) is 3. The second kappa shape index (κ2) is 8.12. The van der Waals surface area contributed by atoms with Crippen molar-refractivity contribution in [3.63, 3.8) is 0 Å². The minimum atomic E-state index is -0.945. The normalized spacial score (nSPS) is 10.3. The number of nitro groups is 1. The lowest BCUT2D eigenvalue weighted by atomic mass is 10.2. The van der Waals surface area contributed by atoms with Crippen LogP contribution < -0.4 is 4.74 Å². The largest absolute Gasteiger partial charge is 0.461 e. The van der Waals surface area contributed by atoms with Gasteiger partial charge in [0.1, 0.15) is 5.56 Å². The molecule has 0 N–H and O–H groups in total. The Hall–Kier alpha value is -4.01. The highest BCUT2D eigenvalue weighted by Gasteiger charge is 2.24. The SMILES string of the molecule is CCOC(=O)c1cc(OC(=O)c2ccccc2[N+](=O)[O-])n(-c2ccccc2)n1. The molecule has 0 atom stereocenters. The number of nitro benzene ring substituents is 1. The Bertz CT molecular complexity index is 1030. The highest BCUT2D eigenvalue weighted by atomic mass is 16.6. The van der Waals surface area contributed by atoms with Crippen LogP contribution in [0.2, 0.25) is 0 Å². The zero-order chi connectivity index (χ0) is 20.1. The Labute approximate surface area is 159 Å². The van der Waals surface area contributed by atoms with E-state index in [9.17, 15) is 19.7 Å². The standard InChI is InChI=1S/C19H15N3O6/c1-2-27-19(24)15-12-17(21(20-15)13-8-4-3-5-9-13)28-18(23)14-10-6-7-11-16(14)22(25)26/h3-12H,2H2,1H3. The minimum absolute atomic E-state index is 0.0592. The summed E-state index contributed by atoms with van der Waals surface area (Å²) in [6, 6.07) is 15.4. The van der Waals surface area contributed by atoms with E-state index in [0.29, 0.717) is 5.69 Å². The number of hydrogen-bond acceptors (Lipinski definition) is 7. The minimum Gasteiger partial charge on any atom is -0.461 e. The summed E-state index contributed by atoms with van der Waals surface area (Å²) in [4.78, 5) is 35.0. The summed E-state index contributed by atoms with van der Waals surface area (Å²) in [5, 5.41) is 15.3. The molecule has 2 aromatic carbocycles. The number of benzene rings is 2. The summed E-state index contributed by atoms with van der Waals surface area (Å²) >= 11 is 0. The number of para-hydroxylation sites is 2. The number of ether oxygens (including phenoxy) is 2. The van der Waals surface area contributed by atoms with Gasteiger partial charge < -0.3 is 9.47 Å². The molecule has 0 spiro atoms. The van der Waals surface area contributed by atoms with Crippen molar-refractivity contribution >= 4 is 17.6 Å². The predicted molar refractivity (Wildman–Crippen MR) is 97.6 cm³/mol. The van der Waals surface area contributed by atoms with Crippen molar-refractivity contribution in [1.82, 2.24) is 9.78 Å². The maximum atomic E-state index is 12.5. The van der Waals surface area contributed by atoms with E-state index in [4.69, 9.17) is 9.47 Å². The van der Waals surface area contributed by atoms with Crippen LogP contribution in [0.15, 0.2) is 60.7 Å². The third-order valence-electron chi connectivity index (χ3n) is 3.68. The first kappa shape index (κ1) is 18.8. The van der Waals surface area contributed by atoms with E-state index >= 15 is 0 Å². The van der Waals surface area contributed by atoms with Gasteiger partial charge in [-0.2, -0.15) is 9.78 Å². The number of carbonyl (C=O) groups excluding carboxylic acids is 2. The molecule has 0 aliphatic rings. The molecule has 3 aromatic rings. The molecule has 28 heavy (non-hydrogen) atoms. The highest BCUT2D eigenvalue weighted by molar-refractivity contribution is 5.95. The van der Waals surface area contributed by atoms with Crippen LogP contribution in [0.3, 0.4) is 0 Å². The van der Waals surface area contributed by atoms with Gasteiger partial charge in [0.15, 0.2) is 5.69 Å². The van der Waals surface area contributed by atoms with Gasteiger partial charge in [-0.1, -0.05) is 30.3 Å². The molecule has 3 rings (SSSR count). The molecule has 0 unspecified atom stereocenters. The monoisotopic (exact) mass is 381 g/mol. The Balaban J connectivity index is 2.00. The van der Waals surface area contributed by atoms with Crippen LogP contribution in [0.5, 0.6) is 5.88 Å². The molecule has 0 saturated heterocycles. The highest BCUT2D eigenvalue weighted by Crippen LogP contribution is 2.24. The molecule has 0 bridgehead atoms. The van der Waals surface area contributed by atoms with Crippen molar-refractivity contribution in [2.45, 2.75) is 6.92 Å². The summed E-state index contributed by atoms with van der Waals surface area (Å²) in [6.07, 6.45) is 0. The average molecular weight is 381 g/mol. The summed E-state index contributed by atoms with van der Waals surface area (Å²) in [7, 11) is 0. The zero-order valence-electron chi connectivity index (χ0n) is 14.8. The summed E-state index contributed by atoms with van der Waals surface area (Å²) in [5.74, 6) is -1.70. The smallest absolute Gasteiger partial charge is 0.358 e. The lowest BCUT2D eigenvalue weighted by molar-refractivity contribution is -0.385. The van der Waals surface area contributed by atoms with Gasteiger partial charge in [0.05, 0.1) is 17.2 Å². The van der Waals surface area contributed by atoms with Crippen molar-refractivity contribution in [2.24, 2.45) is 0 Å². The molecule has 142 valence electrons. The first-order valence-corrected chi connectivity index (χ1v) is 8.29. The molecule has 9 heteroatoms. The Morgan fingerprint density at radius 1 is 1.07 bits per heavy atom. The van der Waals surface area contributed by atoms with Gasteiger partial charge in [-0.05, 0) is 25.1 Å². The first-order chi connectivity index (χ1) is 13.5. The number of aromatic nitrogens is 2. The topological polar surface area (TPSA) is 114 Å². The van der Waals surface area contributed by atoms with E-state index in [1.165, 1.54) is 35.0 Å². The van der Waals surface area contributed by atoms with E-state index in [-0.39, 0.29) is 29.4 Å². The Morgan fingerprint density at radius 3 is 2.43 bits per heavy atom. The fraction of sp³-hybridized carbons (Fsp3) is 0.105. The van der Waals surface area contributed by atoms with Gasteiger partial charge in [0.2, 0.25) is 5.88 Å². The van der Waals surface area contributed by atoms with Crippen LogP contribution in [-0.2, 0) is 4.74 Å². The van der Waals surface area contributed by atoms with Crippen molar-refractivity contribution < 1.29 is 24.0 Å². The van der Waals surface area contributed by atoms with Crippen LogP contribution in [0, 0.1) is 10.1 Å². The Morgan fingerprint density at radius 2 is 1.75 bits per heavy atom. The molecule has 0 amide bonds. The molecule has 1 heterocycles. The van der Waals surface area contributed by atoms with Crippen LogP contribution in [-0.4, -0.2) is 33.2 Å². The fourth-order valence-corrected chi connectivity index (χ4v) is 2.45. The third-order valence-corrected chi connectivity index (χ3v) is 3.68. The molecule has 9 nitrogen and oxygen atoms in total. The van der Waals surface area contributed by atoms with Crippen LogP contribution in [0.25, 0.3) is 5.69 Å². The molecule has 0 fully saturated rings. The van der Waals surface area contributed by atoms with Crippen LogP contribution >= 0.6 is 0 Å². The molecule has 0 aliphatic carbocycles. The lowest BCUT2D eigenvalue weighted by Crippen LogP contribution is -2.13. The number of hydrogen-bond donors (Lipinski definition) is 0. The number of rotatable bonds is 6. The molecular weight excluding hydrogens is 366 g/mol. The summed E-state index contributed by atoms with van der Waals surface area (Å²) in [6.45, 7) is 1.81. The van der Waals surface area contributed by atoms with Gasteiger partial charge in [-0.25, -0.2) is 9.59 Å². The van der Waals surface area contributed by atoms with Crippen molar-refractivity contribution in [3.8, 4) is 11.6 Å². The van der Waals surface area contributed by atoms with Gasteiger partial charge >= 0.3 is 11.9 Å². The maximum Gasteiger partial charge on any atom is 0.358 e. The summed E-state index contributed by atoms with van der Waals surface area (Å²) < 4.78 is 11.5. The second-order valence-corrected chi connectivity index (χ2v) is 5.50. The lowest BCUT2D eigenvalue weighted by Gasteiger charge is -2.08. The average Bonchev–Trinajstić information content (AvgIpc) is 3.12. The first-order valence-electron chi connectivity index (χ1n) is 8.29. The number of carbonyl (C=O) groups is 2. The van der Waals surface area contributed by atoms with Crippen LogP contribution in [0.1, 0.15) is 27.8 Å². The molecule has 0 aliphatic heterocycles. The van der Waals surface area contributed by atoms with E-state index in [0.717, 1.165) is 0 Å². The number of esters is 2. The van der Waals surface area contributed by atoms with Gasteiger partial charge in [-0.15, -0.1) is 0 Å². The molecule has 0 saturated carbocycles. The van der Waals surface area contributed by atoms with E-state index in [1.807, 2.05) is 0 Å². The molecular formula is C19H15N3O6. The quantitative estimate of drug-likeness (QED) is 0.366. The van der Waals surface area contributed by atoms with Gasteiger partial charge in [-0.3, -0.25) is 10.1 Å². The van der Waals surface area contributed by atoms with Crippen molar-refractivity contribution in [3.05, 3.63) is 82.0 Å². The second-order valence-electron chi connectivity index (χ2n) is 5.50. The van der Waals surface area contributed by atoms with E-state index < -0.39 is 16.9 Å². The summed E-state index contributed by atoms with van der Waals surface area (Å²) in [5.41, 5.74) is -0.130. The van der Waals surface area contributed by atoms with Crippen molar-refractivity contribution in [2.75, 3.05) is 6.61 Å². The van der Waals surface area contributed by atoms with E-state index in [2.05, 4.69) is 5.10 Å². The zero-order valence-corrected chi connectivity index (χ0v) is 14.8. The fourth-order valence-electron chi connectivity index (χ4n) is 2.45. The van der Waals surface area contributed by atoms with Gasteiger partial charge in [0.25, 0.3) is 5.69 Å².